The van der Waals surface area contributed by atoms with Gasteiger partial charge in [-0.3, -0.25) is 14.9 Å². The molecule has 0 spiro atoms. The fourth-order valence-electron chi connectivity index (χ4n) is 1.49. The number of benzene rings is 1. The van der Waals surface area contributed by atoms with Gasteiger partial charge in [0.05, 0.1) is 11.0 Å². The maximum absolute atomic E-state index is 13.5. The van der Waals surface area contributed by atoms with E-state index in [9.17, 15) is 19.3 Å². The van der Waals surface area contributed by atoms with Crippen LogP contribution in [0.4, 0.5) is 10.1 Å². The first-order valence-corrected chi connectivity index (χ1v) is 6.52. The third-order valence-corrected chi connectivity index (χ3v) is 2.68. The summed E-state index contributed by atoms with van der Waals surface area (Å²) in [6, 6.07) is 3.01. The number of carbonyl (C=O) groups excluding carboxylic acids is 1. The van der Waals surface area contributed by atoms with E-state index in [2.05, 4.69) is 26.1 Å². The van der Waals surface area contributed by atoms with Gasteiger partial charge >= 0.3 is 0 Å². The van der Waals surface area contributed by atoms with Crippen LogP contribution in [0.5, 0.6) is 5.75 Å². The van der Waals surface area contributed by atoms with Gasteiger partial charge < -0.3 is 10.1 Å². The molecule has 0 fully saturated rings. The molecule has 1 rings (SSSR count). The van der Waals surface area contributed by atoms with Crippen molar-refractivity contribution in [3.05, 3.63) is 34.1 Å². The first-order chi connectivity index (χ1) is 9.69. The van der Waals surface area contributed by atoms with E-state index in [0.717, 1.165) is 24.6 Å². The van der Waals surface area contributed by atoms with Crippen molar-refractivity contribution < 1.29 is 18.8 Å². The van der Waals surface area contributed by atoms with Crippen LogP contribution >= 0.6 is 0 Å². The lowest BCUT2D eigenvalue weighted by Gasteiger charge is -2.18. The van der Waals surface area contributed by atoms with Crippen molar-refractivity contribution in [2.45, 2.75) is 27.2 Å². The minimum absolute atomic E-state index is 0.110. The highest BCUT2D eigenvalue weighted by atomic mass is 19.1. The number of hydrogen-bond donors (Lipinski definition) is 1. The SMILES string of the molecule is CC(C)(C)CCNC(=O)COc1ccc([N+](=O)[O-])cc1F. The van der Waals surface area contributed by atoms with Gasteiger partial charge in [0.1, 0.15) is 0 Å². The van der Waals surface area contributed by atoms with Gasteiger partial charge in [-0.2, -0.15) is 0 Å². The zero-order valence-corrected chi connectivity index (χ0v) is 12.3. The molecule has 0 saturated carbocycles. The summed E-state index contributed by atoms with van der Waals surface area (Å²) in [4.78, 5) is 21.3. The fourth-order valence-corrected chi connectivity index (χ4v) is 1.49. The van der Waals surface area contributed by atoms with Gasteiger partial charge in [-0.05, 0) is 17.9 Å². The zero-order chi connectivity index (χ0) is 16.0. The number of halogens is 1. The van der Waals surface area contributed by atoms with Crippen molar-refractivity contribution in [2.75, 3.05) is 13.2 Å². The van der Waals surface area contributed by atoms with E-state index in [1.54, 1.807) is 0 Å². The Morgan fingerprint density at radius 3 is 2.62 bits per heavy atom. The first-order valence-electron chi connectivity index (χ1n) is 6.52. The average Bonchev–Trinajstić information content (AvgIpc) is 2.35. The second-order valence-corrected chi connectivity index (χ2v) is 5.82. The van der Waals surface area contributed by atoms with E-state index in [4.69, 9.17) is 4.74 Å². The van der Waals surface area contributed by atoms with Gasteiger partial charge in [0.15, 0.2) is 18.2 Å². The van der Waals surface area contributed by atoms with Crippen molar-refractivity contribution >= 4 is 11.6 Å². The molecule has 0 heterocycles. The number of ether oxygens (including phenoxy) is 1. The van der Waals surface area contributed by atoms with Crippen LogP contribution in [0.25, 0.3) is 0 Å². The van der Waals surface area contributed by atoms with Crippen LogP contribution in [0.15, 0.2) is 18.2 Å². The van der Waals surface area contributed by atoms with Gasteiger partial charge in [0.2, 0.25) is 0 Å². The van der Waals surface area contributed by atoms with E-state index in [1.807, 2.05) is 0 Å². The largest absolute Gasteiger partial charge is 0.481 e. The number of non-ortho nitro benzene ring substituents is 1. The molecule has 1 amide bonds. The smallest absolute Gasteiger partial charge is 0.272 e. The predicted molar refractivity (Wildman–Crippen MR) is 75.6 cm³/mol. The monoisotopic (exact) mass is 298 g/mol. The molecule has 6 nitrogen and oxygen atoms in total. The zero-order valence-electron chi connectivity index (χ0n) is 12.3. The van der Waals surface area contributed by atoms with Crippen molar-refractivity contribution in [3.8, 4) is 5.75 Å². The van der Waals surface area contributed by atoms with Gasteiger partial charge in [-0.25, -0.2) is 4.39 Å². The molecule has 0 unspecified atom stereocenters. The Kier molecular flexibility index (Phi) is 5.63. The van der Waals surface area contributed by atoms with Crippen LogP contribution in [0, 0.1) is 21.3 Å². The summed E-state index contributed by atoms with van der Waals surface area (Å²) in [5.41, 5.74) is -0.256. The highest BCUT2D eigenvalue weighted by Crippen LogP contribution is 2.22. The Balaban J connectivity index is 2.45. The van der Waals surface area contributed by atoms with Gasteiger partial charge in [0.25, 0.3) is 11.6 Å². The summed E-state index contributed by atoms with van der Waals surface area (Å²) in [5.74, 6) is -1.42. The van der Waals surface area contributed by atoms with Crippen LogP contribution in [0.1, 0.15) is 27.2 Å². The number of rotatable bonds is 6. The number of nitrogens with zero attached hydrogens (tertiary/aromatic N) is 1. The molecule has 0 aliphatic heterocycles. The van der Waals surface area contributed by atoms with Crippen molar-refractivity contribution in [1.82, 2.24) is 5.32 Å². The Morgan fingerprint density at radius 1 is 1.43 bits per heavy atom. The van der Waals surface area contributed by atoms with E-state index >= 15 is 0 Å². The first kappa shape index (κ1) is 16.9. The van der Waals surface area contributed by atoms with Crippen molar-refractivity contribution in [2.24, 2.45) is 5.41 Å². The molecule has 0 aromatic heterocycles. The molecule has 1 aromatic rings. The summed E-state index contributed by atoms with van der Waals surface area (Å²) in [7, 11) is 0. The summed E-state index contributed by atoms with van der Waals surface area (Å²) >= 11 is 0. The van der Waals surface area contributed by atoms with Gasteiger partial charge in [-0.15, -0.1) is 0 Å². The normalized spacial score (nSPS) is 11.0. The van der Waals surface area contributed by atoms with E-state index in [1.165, 1.54) is 0 Å². The Labute approximate surface area is 122 Å². The number of hydrogen-bond acceptors (Lipinski definition) is 4. The molecule has 1 N–H and O–H groups in total. The van der Waals surface area contributed by atoms with Crippen molar-refractivity contribution in [3.63, 3.8) is 0 Å². The number of nitro benzene ring substituents is 1. The second kappa shape index (κ2) is 7.01. The topological polar surface area (TPSA) is 81.5 Å². The Hall–Kier alpha value is -2.18. The highest BCUT2D eigenvalue weighted by Gasteiger charge is 2.13. The standard InChI is InChI=1S/C14H19FN2O4/c1-14(2,3)6-7-16-13(18)9-21-12-5-4-10(17(19)20)8-11(12)15/h4-5,8H,6-7,9H2,1-3H3,(H,16,18). The Morgan fingerprint density at radius 2 is 2.10 bits per heavy atom. The maximum Gasteiger partial charge on any atom is 0.272 e. The lowest BCUT2D eigenvalue weighted by atomic mass is 9.92. The molecular weight excluding hydrogens is 279 g/mol. The minimum atomic E-state index is -0.869. The third kappa shape index (κ3) is 6.20. The summed E-state index contributed by atoms with van der Waals surface area (Å²) in [5, 5.41) is 13.1. The van der Waals surface area contributed by atoms with E-state index in [0.29, 0.717) is 6.54 Å². The van der Waals surface area contributed by atoms with Crippen LogP contribution in [-0.4, -0.2) is 24.0 Å². The van der Waals surface area contributed by atoms with Crippen LogP contribution in [-0.2, 0) is 4.79 Å². The van der Waals surface area contributed by atoms with Crippen LogP contribution in [0.3, 0.4) is 0 Å². The minimum Gasteiger partial charge on any atom is -0.481 e. The molecule has 116 valence electrons. The lowest BCUT2D eigenvalue weighted by molar-refractivity contribution is -0.385. The number of nitro groups is 1. The number of nitrogens with one attached hydrogen (secondary N) is 1. The molecule has 0 atom stereocenters. The molecule has 0 aliphatic rings. The van der Waals surface area contributed by atoms with Gasteiger partial charge in [-0.1, -0.05) is 20.8 Å². The van der Waals surface area contributed by atoms with Crippen LogP contribution < -0.4 is 10.1 Å². The molecule has 0 radical (unpaired) electrons. The van der Waals surface area contributed by atoms with Crippen molar-refractivity contribution in [1.29, 1.82) is 0 Å². The third-order valence-electron chi connectivity index (χ3n) is 2.68. The summed E-state index contributed by atoms with van der Waals surface area (Å²) in [6.07, 6.45) is 0.810. The molecule has 21 heavy (non-hydrogen) atoms. The molecule has 7 heteroatoms. The molecule has 1 aromatic carbocycles. The number of carbonyl (C=O) groups is 1. The Bertz CT molecular complexity index is 526. The average molecular weight is 298 g/mol. The van der Waals surface area contributed by atoms with E-state index in [-0.39, 0.29) is 29.4 Å². The fraction of sp³-hybridized carbons (Fsp3) is 0.500. The highest BCUT2D eigenvalue weighted by molar-refractivity contribution is 5.77. The molecular formula is C14H19FN2O4. The van der Waals surface area contributed by atoms with Gasteiger partial charge in [0, 0.05) is 12.6 Å². The second-order valence-electron chi connectivity index (χ2n) is 5.82. The predicted octanol–water partition coefficient (Wildman–Crippen LogP) is 2.67. The summed E-state index contributed by atoms with van der Waals surface area (Å²) in [6.45, 7) is 6.35. The summed E-state index contributed by atoms with van der Waals surface area (Å²) < 4.78 is 18.5. The number of amides is 1. The quantitative estimate of drug-likeness (QED) is 0.646. The maximum atomic E-state index is 13.5. The molecule has 0 bridgehead atoms. The van der Waals surface area contributed by atoms with E-state index < -0.39 is 10.7 Å². The molecule has 0 aliphatic carbocycles. The van der Waals surface area contributed by atoms with Crippen LogP contribution in [0.2, 0.25) is 0 Å². The molecule has 0 saturated heterocycles. The lowest BCUT2D eigenvalue weighted by Crippen LogP contribution is -2.31.